The Morgan fingerprint density at radius 1 is 1.25 bits per heavy atom. The van der Waals surface area contributed by atoms with Crippen LogP contribution in [0.25, 0.3) is 0 Å². The third kappa shape index (κ3) is 3.26. The van der Waals surface area contributed by atoms with Gasteiger partial charge in [0.05, 0.1) is 6.10 Å². The standard InChI is InChI=1S/C17H26N2O/c1-12(2)20-16-6-7-17(13(3)10-16)18-14-8-9-19(11-14)15-4-5-15/h6-7,10,12,14-15,18H,4-5,8-9,11H2,1-3H3. The fourth-order valence-corrected chi connectivity index (χ4v) is 3.04. The highest BCUT2D eigenvalue weighted by Gasteiger charge is 2.34. The van der Waals surface area contributed by atoms with Gasteiger partial charge in [-0.3, -0.25) is 4.90 Å². The Kier molecular flexibility index (Phi) is 3.88. The summed E-state index contributed by atoms with van der Waals surface area (Å²) in [4.78, 5) is 2.64. The first-order valence-electron chi connectivity index (χ1n) is 7.89. The van der Waals surface area contributed by atoms with Crippen molar-refractivity contribution in [1.82, 2.24) is 4.90 Å². The maximum atomic E-state index is 5.74. The predicted molar refractivity (Wildman–Crippen MR) is 83.6 cm³/mol. The van der Waals surface area contributed by atoms with E-state index in [0.29, 0.717) is 6.04 Å². The van der Waals surface area contributed by atoms with Gasteiger partial charge < -0.3 is 10.1 Å². The highest BCUT2D eigenvalue weighted by atomic mass is 16.5. The van der Waals surface area contributed by atoms with Gasteiger partial charge in [-0.25, -0.2) is 0 Å². The van der Waals surface area contributed by atoms with Crippen LogP contribution in [0.5, 0.6) is 5.75 Å². The molecule has 3 heteroatoms. The first kappa shape index (κ1) is 13.7. The van der Waals surface area contributed by atoms with E-state index in [0.717, 1.165) is 11.8 Å². The van der Waals surface area contributed by atoms with Gasteiger partial charge in [0.25, 0.3) is 0 Å². The molecule has 0 bridgehead atoms. The Morgan fingerprint density at radius 2 is 2.05 bits per heavy atom. The van der Waals surface area contributed by atoms with Crippen LogP contribution >= 0.6 is 0 Å². The number of hydrogen-bond acceptors (Lipinski definition) is 3. The molecule has 20 heavy (non-hydrogen) atoms. The van der Waals surface area contributed by atoms with E-state index >= 15 is 0 Å². The normalized spacial score (nSPS) is 23.3. The van der Waals surface area contributed by atoms with Crippen LogP contribution in [-0.4, -0.2) is 36.2 Å². The average molecular weight is 274 g/mol. The molecule has 1 aliphatic heterocycles. The lowest BCUT2D eigenvalue weighted by molar-refractivity contribution is 0.242. The molecule has 2 fully saturated rings. The molecule has 1 atom stereocenters. The van der Waals surface area contributed by atoms with Crippen molar-refractivity contribution in [2.45, 2.75) is 58.2 Å². The lowest BCUT2D eigenvalue weighted by atomic mass is 10.1. The molecule has 1 saturated heterocycles. The Hall–Kier alpha value is -1.22. The SMILES string of the molecule is Cc1cc(OC(C)C)ccc1NC1CCN(C2CC2)C1. The Bertz CT molecular complexity index is 468. The second-order valence-electron chi connectivity index (χ2n) is 6.50. The summed E-state index contributed by atoms with van der Waals surface area (Å²) >= 11 is 0. The molecule has 1 saturated carbocycles. The van der Waals surface area contributed by atoms with E-state index in [1.807, 2.05) is 0 Å². The molecule has 1 N–H and O–H groups in total. The van der Waals surface area contributed by atoms with Crippen molar-refractivity contribution in [3.8, 4) is 5.75 Å². The summed E-state index contributed by atoms with van der Waals surface area (Å²) in [7, 11) is 0. The molecule has 1 unspecified atom stereocenters. The van der Waals surface area contributed by atoms with Gasteiger partial charge in [-0.1, -0.05) is 0 Å². The summed E-state index contributed by atoms with van der Waals surface area (Å²) < 4.78 is 5.74. The fourth-order valence-electron chi connectivity index (χ4n) is 3.04. The summed E-state index contributed by atoms with van der Waals surface area (Å²) in [6.07, 6.45) is 4.32. The van der Waals surface area contributed by atoms with Crippen molar-refractivity contribution in [3.63, 3.8) is 0 Å². The van der Waals surface area contributed by atoms with Crippen LogP contribution in [0.3, 0.4) is 0 Å². The molecule has 1 aromatic carbocycles. The minimum absolute atomic E-state index is 0.232. The zero-order valence-corrected chi connectivity index (χ0v) is 12.9. The summed E-state index contributed by atoms with van der Waals surface area (Å²) in [5.74, 6) is 0.967. The van der Waals surface area contributed by atoms with Crippen LogP contribution in [-0.2, 0) is 0 Å². The van der Waals surface area contributed by atoms with Crippen LogP contribution in [0.1, 0.15) is 38.7 Å². The molecule has 0 spiro atoms. The number of anilines is 1. The molecule has 3 nitrogen and oxygen atoms in total. The number of aryl methyl sites for hydroxylation is 1. The Morgan fingerprint density at radius 3 is 2.70 bits per heavy atom. The van der Waals surface area contributed by atoms with Gasteiger partial charge in [-0.2, -0.15) is 0 Å². The molecular formula is C17H26N2O. The van der Waals surface area contributed by atoms with Crippen LogP contribution < -0.4 is 10.1 Å². The van der Waals surface area contributed by atoms with Crippen molar-refractivity contribution in [1.29, 1.82) is 0 Å². The summed E-state index contributed by atoms with van der Waals surface area (Å²) in [6, 6.07) is 7.86. The zero-order valence-electron chi connectivity index (χ0n) is 12.9. The van der Waals surface area contributed by atoms with Crippen molar-refractivity contribution < 1.29 is 4.74 Å². The van der Waals surface area contributed by atoms with Crippen LogP contribution in [0.15, 0.2) is 18.2 Å². The number of rotatable bonds is 5. The van der Waals surface area contributed by atoms with Gasteiger partial charge in [-0.05, 0) is 63.8 Å². The molecule has 2 aliphatic rings. The minimum Gasteiger partial charge on any atom is -0.491 e. The molecule has 3 rings (SSSR count). The Labute approximate surface area is 122 Å². The third-order valence-corrected chi connectivity index (χ3v) is 4.21. The molecule has 1 heterocycles. The van der Waals surface area contributed by atoms with Gasteiger partial charge in [0.1, 0.15) is 5.75 Å². The largest absolute Gasteiger partial charge is 0.491 e. The summed E-state index contributed by atoms with van der Waals surface area (Å²) in [6.45, 7) is 8.74. The lowest BCUT2D eigenvalue weighted by Crippen LogP contribution is -2.27. The first-order chi connectivity index (χ1) is 9.61. The number of likely N-dealkylation sites (tertiary alicyclic amines) is 1. The molecular weight excluding hydrogens is 248 g/mol. The van der Waals surface area contributed by atoms with E-state index in [1.165, 1.54) is 43.6 Å². The van der Waals surface area contributed by atoms with Gasteiger partial charge in [0.15, 0.2) is 0 Å². The monoisotopic (exact) mass is 274 g/mol. The zero-order chi connectivity index (χ0) is 14.1. The number of nitrogens with zero attached hydrogens (tertiary/aromatic N) is 1. The van der Waals surface area contributed by atoms with Crippen molar-refractivity contribution >= 4 is 5.69 Å². The molecule has 1 aromatic rings. The number of ether oxygens (including phenoxy) is 1. The van der Waals surface area contributed by atoms with Gasteiger partial charge >= 0.3 is 0 Å². The van der Waals surface area contributed by atoms with Crippen molar-refractivity contribution in [2.75, 3.05) is 18.4 Å². The third-order valence-electron chi connectivity index (χ3n) is 4.21. The van der Waals surface area contributed by atoms with Crippen LogP contribution in [0, 0.1) is 6.92 Å². The van der Waals surface area contributed by atoms with Gasteiger partial charge in [0.2, 0.25) is 0 Å². The van der Waals surface area contributed by atoms with Gasteiger partial charge in [0, 0.05) is 30.9 Å². The number of hydrogen-bond donors (Lipinski definition) is 1. The number of nitrogens with one attached hydrogen (secondary N) is 1. The summed E-state index contributed by atoms with van der Waals surface area (Å²) in [5, 5.41) is 3.71. The summed E-state index contributed by atoms with van der Waals surface area (Å²) in [5.41, 5.74) is 2.52. The highest BCUT2D eigenvalue weighted by molar-refractivity contribution is 5.54. The minimum atomic E-state index is 0.232. The smallest absolute Gasteiger partial charge is 0.120 e. The predicted octanol–water partition coefficient (Wildman–Crippen LogP) is 3.43. The van der Waals surface area contributed by atoms with E-state index in [-0.39, 0.29) is 6.10 Å². The van der Waals surface area contributed by atoms with Crippen LogP contribution in [0.2, 0.25) is 0 Å². The van der Waals surface area contributed by atoms with Gasteiger partial charge in [-0.15, -0.1) is 0 Å². The fraction of sp³-hybridized carbons (Fsp3) is 0.647. The second-order valence-corrected chi connectivity index (χ2v) is 6.50. The van der Waals surface area contributed by atoms with E-state index in [4.69, 9.17) is 4.74 Å². The Balaban J connectivity index is 1.59. The van der Waals surface area contributed by atoms with Crippen molar-refractivity contribution in [2.24, 2.45) is 0 Å². The maximum Gasteiger partial charge on any atom is 0.120 e. The molecule has 1 aliphatic carbocycles. The quantitative estimate of drug-likeness (QED) is 0.890. The van der Waals surface area contributed by atoms with E-state index in [1.54, 1.807) is 0 Å². The maximum absolute atomic E-state index is 5.74. The lowest BCUT2D eigenvalue weighted by Gasteiger charge is -2.19. The number of benzene rings is 1. The molecule has 0 aromatic heterocycles. The van der Waals surface area contributed by atoms with E-state index < -0.39 is 0 Å². The van der Waals surface area contributed by atoms with Crippen molar-refractivity contribution in [3.05, 3.63) is 23.8 Å². The van der Waals surface area contributed by atoms with Crippen LogP contribution in [0.4, 0.5) is 5.69 Å². The molecule has 110 valence electrons. The topological polar surface area (TPSA) is 24.5 Å². The first-order valence-corrected chi connectivity index (χ1v) is 7.89. The van der Waals surface area contributed by atoms with E-state index in [2.05, 4.69) is 49.2 Å². The second kappa shape index (κ2) is 5.65. The highest BCUT2D eigenvalue weighted by Crippen LogP contribution is 2.31. The molecule has 0 amide bonds. The van der Waals surface area contributed by atoms with E-state index in [9.17, 15) is 0 Å². The molecule has 0 radical (unpaired) electrons. The average Bonchev–Trinajstić information content (AvgIpc) is 3.13.